The van der Waals surface area contributed by atoms with Crippen LogP contribution in [-0.2, 0) is 20.7 Å². The molecule has 0 spiro atoms. The molecule has 4 nitrogen and oxygen atoms in total. The van der Waals surface area contributed by atoms with Crippen molar-refractivity contribution in [1.82, 2.24) is 0 Å². The maximum atomic E-state index is 12.5. The van der Waals surface area contributed by atoms with Crippen LogP contribution in [0.25, 0.3) is 0 Å². The van der Waals surface area contributed by atoms with Gasteiger partial charge in [-0.25, -0.2) is 4.79 Å². The van der Waals surface area contributed by atoms with Gasteiger partial charge in [0.25, 0.3) is 0 Å². The van der Waals surface area contributed by atoms with E-state index >= 15 is 0 Å². The third kappa shape index (κ3) is 2.50. The number of hydrogen-bond donors (Lipinski definition) is 1. The zero-order valence-electron chi connectivity index (χ0n) is 11.3. The lowest BCUT2D eigenvalue weighted by molar-refractivity contribution is -0.137. The molecule has 1 aliphatic rings. The Hall–Kier alpha value is -1.04. The Morgan fingerprint density at radius 2 is 2.11 bits per heavy atom. The summed E-state index contributed by atoms with van der Waals surface area (Å²) >= 11 is -1.51. The van der Waals surface area contributed by atoms with Crippen LogP contribution in [0.15, 0.2) is 17.0 Å². The van der Waals surface area contributed by atoms with Gasteiger partial charge in [0.2, 0.25) is 5.25 Å². The van der Waals surface area contributed by atoms with Crippen LogP contribution in [0.1, 0.15) is 36.1 Å². The number of carboxylic acid groups (broad SMARTS) is 1. The molecule has 0 saturated carbocycles. The molecule has 5 heteroatoms. The van der Waals surface area contributed by atoms with Crippen LogP contribution in [0.2, 0.25) is 0 Å². The maximum absolute atomic E-state index is 12.5. The standard InChI is InChI=1S/C14H18O4S/c1-4-18-10-7-11(14(15)16)19(17)13-9(3)6-5-8(2)12(10)13/h5-6,10-11H,4,7H2,1-3H3,(H,15,16). The summed E-state index contributed by atoms with van der Waals surface area (Å²) in [5.41, 5.74) is 2.79. The Morgan fingerprint density at radius 1 is 1.47 bits per heavy atom. The summed E-state index contributed by atoms with van der Waals surface area (Å²) in [5.74, 6) is -1.02. The molecule has 104 valence electrons. The Balaban J connectivity index is 2.57. The molecule has 19 heavy (non-hydrogen) atoms. The molecule has 0 bridgehead atoms. The van der Waals surface area contributed by atoms with E-state index in [1.165, 1.54) is 0 Å². The number of aryl methyl sites for hydroxylation is 2. The monoisotopic (exact) mass is 282 g/mol. The number of carbonyl (C=O) groups is 1. The minimum Gasteiger partial charge on any atom is -0.611 e. The topological polar surface area (TPSA) is 69.6 Å². The third-order valence-electron chi connectivity index (χ3n) is 3.46. The molecule has 1 aromatic rings. The number of rotatable bonds is 3. The Kier molecular flexibility index (Phi) is 4.18. The minimum absolute atomic E-state index is 0.271. The first kappa shape index (κ1) is 14.4. The van der Waals surface area contributed by atoms with Crippen molar-refractivity contribution in [2.45, 2.75) is 43.4 Å². The van der Waals surface area contributed by atoms with E-state index < -0.39 is 22.4 Å². The van der Waals surface area contributed by atoms with Gasteiger partial charge in [-0.15, -0.1) is 0 Å². The van der Waals surface area contributed by atoms with Gasteiger partial charge in [-0.2, -0.15) is 0 Å². The average molecular weight is 282 g/mol. The van der Waals surface area contributed by atoms with Crippen LogP contribution >= 0.6 is 0 Å². The largest absolute Gasteiger partial charge is 0.611 e. The molecular weight excluding hydrogens is 264 g/mol. The van der Waals surface area contributed by atoms with Crippen LogP contribution < -0.4 is 0 Å². The molecule has 1 heterocycles. The zero-order chi connectivity index (χ0) is 14.2. The lowest BCUT2D eigenvalue weighted by atomic mass is 9.96. The van der Waals surface area contributed by atoms with Crippen molar-refractivity contribution in [1.29, 1.82) is 0 Å². The Morgan fingerprint density at radius 3 is 2.68 bits per heavy atom. The van der Waals surface area contributed by atoms with Crippen LogP contribution in [0.3, 0.4) is 0 Å². The SMILES string of the molecule is CCOC1CC(C(=O)O)[S+]([O-])c2c(C)ccc(C)c21. The quantitative estimate of drug-likeness (QED) is 0.864. The van der Waals surface area contributed by atoms with E-state index in [4.69, 9.17) is 4.74 Å². The number of ether oxygens (including phenoxy) is 1. The van der Waals surface area contributed by atoms with Gasteiger partial charge in [0.1, 0.15) is 0 Å². The van der Waals surface area contributed by atoms with Crippen molar-refractivity contribution in [3.63, 3.8) is 0 Å². The van der Waals surface area contributed by atoms with E-state index in [2.05, 4.69) is 0 Å². The molecular formula is C14H18O4S. The second kappa shape index (κ2) is 5.53. The van der Waals surface area contributed by atoms with Crippen molar-refractivity contribution in [2.24, 2.45) is 0 Å². The molecule has 1 aliphatic heterocycles. The summed E-state index contributed by atoms with van der Waals surface area (Å²) in [6.07, 6.45) is -0.00807. The normalized spacial score (nSPS) is 26.0. The highest BCUT2D eigenvalue weighted by Crippen LogP contribution is 2.41. The molecule has 0 radical (unpaired) electrons. The van der Waals surface area contributed by atoms with Gasteiger partial charge in [-0.3, -0.25) is 0 Å². The highest BCUT2D eigenvalue weighted by molar-refractivity contribution is 7.93. The summed E-state index contributed by atoms with van der Waals surface area (Å²) in [5, 5.41) is 8.35. The second-order valence-electron chi connectivity index (χ2n) is 4.75. The van der Waals surface area contributed by atoms with E-state index in [1.54, 1.807) is 0 Å². The smallest absolute Gasteiger partial charge is 0.357 e. The summed E-state index contributed by atoms with van der Waals surface area (Å²) < 4.78 is 18.1. The molecule has 0 fully saturated rings. The highest BCUT2D eigenvalue weighted by Gasteiger charge is 2.44. The van der Waals surface area contributed by atoms with Crippen LogP contribution in [0.5, 0.6) is 0 Å². The van der Waals surface area contributed by atoms with E-state index in [-0.39, 0.29) is 12.5 Å². The highest BCUT2D eigenvalue weighted by atomic mass is 32.2. The van der Waals surface area contributed by atoms with Crippen LogP contribution in [0.4, 0.5) is 0 Å². The second-order valence-corrected chi connectivity index (χ2v) is 6.32. The number of benzene rings is 1. The van der Waals surface area contributed by atoms with Gasteiger partial charge in [-0.1, -0.05) is 12.1 Å². The summed E-state index contributed by atoms with van der Waals surface area (Å²) in [6, 6.07) is 3.86. The van der Waals surface area contributed by atoms with Gasteiger partial charge < -0.3 is 14.4 Å². The first-order valence-corrected chi connectivity index (χ1v) is 7.53. The van der Waals surface area contributed by atoms with Gasteiger partial charge >= 0.3 is 5.97 Å². The van der Waals surface area contributed by atoms with E-state index in [0.717, 1.165) is 16.7 Å². The summed E-state index contributed by atoms with van der Waals surface area (Å²) in [6.45, 7) is 6.20. The summed E-state index contributed by atoms with van der Waals surface area (Å²) in [7, 11) is 0. The van der Waals surface area contributed by atoms with Crippen molar-refractivity contribution in [3.05, 3.63) is 28.8 Å². The molecule has 0 saturated heterocycles. The average Bonchev–Trinajstić information content (AvgIpc) is 2.35. The fourth-order valence-corrected chi connectivity index (χ4v) is 4.27. The first-order chi connectivity index (χ1) is 8.97. The Labute approximate surface area is 116 Å². The van der Waals surface area contributed by atoms with E-state index in [0.29, 0.717) is 11.5 Å². The summed E-state index contributed by atoms with van der Waals surface area (Å²) in [4.78, 5) is 11.9. The van der Waals surface area contributed by atoms with Crippen molar-refractivity contribution < 1.29 is 19.2 Å². The molecule has 2 rings (SSSR count). The molecule has 1 aromatic carbocycles. The zero-order valence-corrected chi connectivity index (χ0v) is 12.1. The maximum Gasteiger partial charge on any atom is 0.357 e. The fraction of sp³-hybridized carbons (Fsp3) is 0.500. The van der Waals surface area contributed by atoms with Gasteiger partial charge in [-0.05, 0) is 26.3 Å². The lowest BCUT2D eigenvalue weighted by Gasteiger charge is -2.32. The van der Waals surface area contributed by atoms with E-state index in [1.807, 2.05) is 32.9 Å². The molecule has 3 atom stereocenters. The van der Waals surface area contributed by atoms with Crippen LogP contribution in [-0.4, -0.2) is 27.5 Å². The number of carboxylic acids is 1. The van der Waals surface area contributed by atoms with Crippen LogP contribution in [0, 0.1) is 13.8 Å². The molecule has 1 N–H and O–H groups in total. The lowest BCUT2D eigenvalue weighted by Crippen LogP contribution is -2.38. The van der Waals surface area contributed by atoms with E-state index in [9.17, 15) is 14.5 Å². The third-order valence-corrected chi connectivity index (χ3v) is 5.32. The molecule has 0 aliphatic carbocycles. The molecule has 0 amide bonds. The predicted octanol–water partition coefficient (Wildman–Crippen LogP) is 2.35. The number of hydrogen-bond acceptors (Lipinski definition) is 3. The molecule has 3 unspecified atom stereocenters. The number of aliphatic carboxylic acids is 1. The Bertz CT molecular complexity index is 500. The minimum atomic E-state index is -1.51. The predicted molar refractivity (Wildman–Crippen MR) is 72.7 cm³/mol. The van der Waals surface area contributed by atoms with Gasteiger partial charge in [0.15, 0.2) is 4.90 Å². The first-order valence-electron chi connectivity index (χ1n) is 6.32. The van der Waals surface area contributed by atoms with Gasteiger partial charge in [0, 0.05) is 35.3 Å². The van der Waals surface area contributed by atoms with Crippen molar-refractivity contribution in [2.75, 3.05) is 6.61 Å². The van der Waals surface area contributed by atoms with Gasteiger partial charge in [0.05, 0.1) is 6.10 Å². The fourth-order valence-electron chi connectivity index (χ4n) is 2.56. The van der Waals surface area contributed by atoms with Crippen molar-refractivity contribution >= 4 is 17.1 Å². The molecule has 0 aromatic heterocycles. The van der Waals surface area contributed by atoms with Crippen molar-refractivity contribution in [3.8, 4) is 0 Å². The number of fused-ring (bicyclic) bond motifs is 1.